The molecule has 0 saturated heterocycles. The second-order valence-corrected chi connectivity index (χ2v) is 24.5. The van der Waals surface area contributed by atoms with Gasteiger partial charge in [-0.3, -0.25) is 0 Å². The van der Waals surface area contributed by atoms with Gasteiger partial charge in [0, 0.05) is 123 Å². The van der Waals surface area contributed by atoms with Crippen molar-refractivity contribution in [3.63, 3.8) is 0 Å². The summed E-state index contributed by atoms with van der Waals surface area (Å²) in [6.07, 6.45) is 6.29. The van der Waals surface area contributed by atoms with Crippen molar-refractivity contribution in [1.29, 1.82) is 0 Å². The van der Waals surface area contributed by atoms with Gasteiger partial charge in [-0.25, -0.2) is 0 Å². The smallest absolute Gasteiger partial charge is 0.147 e. The SMILES string of the molecule is C1=Cc2oc(-c3ccc4c(N(c5ccc6c(c5)oc5ccccc56)c5ccc6c(c5)oc5ccc7c(oc8ccc9oc%10cc(N(c%11ccc%12c(c%11)oc%11ccccc%11%12)c%11cccc%12cc(-c%13cc%14ccccc%14o%13)ccc%11%12)ccc%10c9c87)c56)cccc4c3)cc2CC1. The van der Waals surface area contributed by atoms with Gasteiger partial charge >= 0.3 is 0 Å². The lowest BCUT2D eigenvalue weighted by Crippen LogP contribution is -2.10. The molecule has 7 aromatic heterocycles. The topological polar surface area (TPSA) is 98.5 Å². The normalized spacial score (nSPS) is 12.8. The van der Waals surface area contributed by atoms with Crippen LogP contribution in [0.4, 0.5) is 34.1 Å². The molecular formula is C84H48N2O7. The minimum absolute atomic E-state index is 0.731. The Morgan fingerprint density at radius 2 is 0.720 bits per heavy atom. The van der Waals surface area contributed by atoms with Crippen LogP contribution < -0.4 is 9.80 Å². The van der Waals surface area contributed by atoms with Gasteiger partial charge in [-0.2, -0.15) is 0 Å². The van der Waals surface area contributed by atoms with E-state index in [1.165, 1.54) is 5.56 Å². The summed E-state index contributed by atoms with van der Waals surface area (Å²) < 4.78 is 46.7. The summed E-state index contributed by atoms with van der Waals surface area (Å²) in [7, 11) is 0. The first kappa shape index (κ1) is 50.4. The fourth-order valence-corrected chi connectivity index (χ4v) is 15.0. The monoisotopic (exact) mass is 1200 g/mol. The Labute approximate surface area is 527 Å². The highest BCUT2D eigenvalue weighted by molar-refractivity contribution is 6.30. The molecule has 20 aromatic rings. The molecule has 13 aromatic carbocycles. The Morgan fingerprint density at radius 1 is 0.269 bits per heavy atom. The molecule has 0 N–H and O–H groups in total. The molecule has 0 saturated carbocycles. The van der Waals surface area contributed by atoms with Crippen LogP contribution in [0.25, 0.3) is 171 Å². The van der Waals surface area contributed by atoms with Crippen LogP contribution in [0.1, 0.15) is 17.7 Å². The van der Waals surface area contributed by atoms with Crippen LogP contribution in [0.15, 0.2) is 292 Å². The molecule has 7 heterocycles. The fourth-order valence-electron chi connectivity index (χ4n) is 15.0. The van der Waals surface area contributed by atoms with E-state index in [1.807, 2.05) is 54.6 Å². The predicted octanol–water partition coefficient (Wildman–Crippen LogP) is 25.1. The molecule has 0 fully saturated rings. The van der Waals surface area contributed by atoms with Gasteiger partial charge in [-0.1, -0.05) is 109 Å². The maximum Gasteiger partial charge on any atom is 0.147 e. The maximum absolute atomic E-state index is 7.03. The van der Waals surface area contributed by atoms with Crippen molar-refractivity contribution in [2.75, 3.05) is 9.80 Å². The van der Waals surface area contributed by atoms with Crippen molar-refractivity contribution >= 4 is 182 Å². The van der Waals surface area contributed by atoms with E-state index < -0.39 is 0 Å². The number of hydrogen-bond acceptors (Lipinski definition) is 9. The zero-order valence-corrected chi connectivity index (χ0v) is 49.6. The number of allylic oxidation sites excluding steroid dienone is 1. The molecule has 436 valence electrons. The highest BCUT2D eigenvalue weighted by Gasteiger charge is 2.26. The summed E-state index contributed by atoms with van der Waals surface area (Å²) in [5.41, 5.74) is 17.7. The molecular weight excluding hydrogens is 1150 g/mol. The molecule has 0 unspecified atom stereocenters. The third kappa shape index (κ3) is 7.56. The van der Waals surface area contributed by atoms with Crippen molar-refractivity contribution in [2.24, 2.45) is 0 Å². The Bertz CT molecular complexity index is 6580. The Balaban J connectivity index is 0.697. The molecule has 21 rings (SSSR count). The predicted molar refractivity (Wildman–Crippen MR) is 377 cm³/mol. The van der Waals surface area contributed by atoms with Crippen LogP contribution in [0.3, 0.4) is 0 Å². The molecule has 0 amide bonds. The molecule has 1 aliphatic rings. The highest BCUT2D eigenvalue weighted by atomic mass is 16.4. The van der Waals surface area contributed by atoms with Crippen molar-refractivity contribution in [2.45, 2.75) is 12.8 Å². The number of fused-ring (bicyclic) bond motifs is 21. The summed E-state index contributed by atoms with van der Waals surface area (Å²) in [6.45, 7) is 0. The lowest BCUT2D eigenvalue weighted by atomic mass is 10.0. The van der Waals surface area contributed by atoms with E-state index in [0.717, 1.165) is 218 Å². The van der Waals surface area contributed by atoms with Crippen molar-refractivity contribution in [3.8, 4) is 22.6 Å². The maximum atomic E-state index is 7.03. The van der Waals surface area contributed by atoms with Crippen LogP contribution in [-0.2, 0) is 6.42 Å². The van der Waals surface area contributed by atoms with Crippen LogP contribution in [0.5, 0.6) is 0 Å². The standard InChI is InChI=1S/C84H48N2O7/c1-5-19-68-49(11-1)41-75(87-68)51-23-29-57-47(39-51)13-9-17-66(57)85(53-25-31-61-59-15-3-7-21-70(59)89-77(61)43-53)55-27-33-63-79(45-55)91-72-37-38-73-82(81(63)72)65-35-36-74-83(84(65)93-73)64-34-28-56(46-80(64)92-74)86(54-26-32-62-60-16-4-8-22-71(60)90-78(62)44-54)67-18-10-14-48-40-52(24-30-58(48)67)76-42-50-12-2-6-20-69(50)88-76/h1,3-11,13-46H,2,12H2. The average molecular weight is 1200 g/mol. The number of para-hydroxylation sites is 3. The molecule has 9 nitrogen and oxygen atoms in total. The van der Waals surface area contributed by atoms with E-state index in [2.05, 4.69) is 222 Å². The van der Waals surface area contributed by atoms with E-state index in [9.17, 15) is 0 Å². The molecule has 0 atom stereocenters. The molecule has 0 spiro atoms. The Hall–Kier alpha value is -12.5. The van der Waals surface area contributed by atoms with Gasteiger partial charge in [0.15, 0.2) is 0 Å². The van der Waals surface area contributed by atoms with Crippen LogP contribution in [0, 0.1) is 0 Å². The van der Waals surface area contributed by atoms with Gasteiger partial charge < -0.3 is 40.7 Å². The number of benzene rings is 13. The van der Waals surface area contributed by atoms with E-state index in [1.54, 1.807) is 0 Å². The third-order valence-corrected chi connectivity index (χ3v) is 19.3. The average Bonchev–Trinajstić information content (AvgIpc) is 1.58. The van der Waals surface area contributed by atoms with E-state index in [0.29, 0.717) is 0 Å². The molecule has 9 heteroatoms. The summed E-state index contributed by atoms with van der Waals surface area (Å²) in [4.78, 5) is 4.61. The number of anilines is 6. The summed E-state index contributed by atoms with van der Waals surface area (Å²) in [6, 6.07) is 89.3. The van der Waals surface area contributed by atoms with E-state index in [4.69, 9.17) is 30.9 Å². The van der Waals surface area contributed by atoms with Crippen LogP contribution in [-0.4, -0.2) is 0 Å². The lowest BCUT2D eigenvalue weighted by Gasteiger charge is -2.27. The number of nitrogens with zero attached hydrogens (tertiary/aromatic N) is 2. The summed E-state index contributed by atoms with van der Waals surface area (Å²) >= 11 is 0. The van der Waals surface area contributed by atoms with E-state index >= 15 is 0 Å². The molecule has 0 aliphatic heterocycles. The van der Waals surface area contributed by atoms with E-state index in [-0.39, 0.29) is 0 Å². The first-order valence-corrected chi connectivity index (χ1v) is 31.5. The van der Waals surface area contributed by atoms with Crippen LogP contribution >= 0.6 is 0 Å². The number of aryl methyl sites for hydroxylation is 1. The Morgan fingerprint density at radius 3 is 1.32 bits per heavy atom. The van der Waals surface area contributed by atoms with Crippen molar-refractivity contribution in [1.82, 2.24) is 0 Å². The van der Waals surface area contributed by atoms with Gasteiger partial charge in [-0.15, -0.1) is 0 Å². The molecule has 1 aliphatic carbocycles. The summed E-state index contributed by atoms with van der Waals surface area (Å²) in [5.74, 6) is 2.65. The minimum atomic E-state index is 0.731. The first-order chi connectivity index (χ1) is 46.0. The Kier molecular flexibility index (Phi) is 10.3. The number of rotatable bonds is 8. The largest absolute Gasteiger partial charge is 0.456 e. The van der Waals surface area contributed by atoms with Crippen LogP contribution in [0.2, 0.25) is 0 Å². The van der Waals surface area contributed by atoms with Crippen molar-refractivity contribution < 1.29 is 30.9 Å². The fraction of sp³-hybridized carbons (Fsp3) is 0.0238. The minimum Gasteiger partial charge on any atom is -0.456 e. The molecule has 0 radical (unpaired) electrons. The molecule has 0 bridgehead atoms. The quantitative estimate of drug-likeness (QED) is 0.147. The third-order valence-electron chi connectivity index (χ3n) is 19.3. The summed E-state index contributed by atoms with van der Waals surface area (Å²) in [5, 5.41) is 15.5. The van der Waals surface area contributed by atoms with Gasteiger partial charge in [0.1, 0.15) is 78.7 Å². The zero-order valence-electron chi connectivity index (χ0n) is 49.6. The van der Waals surface area contributed by atoms with Crippen molar-refractivity contribution in [3.05, 3.63) is 272 Å². The van der Waals surface area contributed by atoms with Gasteiger partial charge in [0.05, 0.1) is 16.8 Å². The lowest BCUT2D eigenvalue weighted by molar-refractivity contribution is 0.565. The molecule has 93 heavy (non-hydrogen) atoms. The second-order valence-electron chi connectivity index (χ2n) is 24.5. The zero-order chi connectivity index (χ0) is 60.6. The van der Waals surface area contributed by atoms with Gasteiger partial charge in [-0.05, 0) is 163 Å². The first-order valence-electron chi connectivity index (χ1n) is 31.5. The highest BCUT2D eigenvalue weighted by Crippen LogP contribution is 2.50. The number of furan rings is 7. The van der Waals surface area contributed by atoms with Gasteiger partial charge in [0.2, 0.25) is 0 Å². The van der Waals surface area contributed by atoms with Gasteiger partial charge in [0.25, 0.3) is 0 Å². The second kappa shape index (κ2) is 19.0. The number of hydrogen-bond donors (Lipinski definition) is 0.